The van der Waals surface area contributed by atoms with Crippen LogP contribution in [0.4, 0.5) is 0 Å². The molecule has 2 saturated carbocycles. The van der Waals surface area contributed by atoms with E-state index in [-0.39, 0.29) is 17.4 Å². The second-order valence-electron chi connectivity index (χ2n) is 8.29. The van der Waals surface area contributed by atoms with Gasteiger partial charge in [-0.1, -0.05) is 17.1 Å². The standard InChI is InChI=1S/C22H23N3O4/c1-15-10-17(5-4-16-2-3-16)6-7-19(15)29-21(26)18-11-25(24-23-18)12-20-27-13-22(8-9-22)14-28-20/h6-7,10-11,16,20H,2-3,8-9,12-14H2,1H3. The number of carbonyl (C=O) groups excluding carboxylic acids is 1. The van der Waals surface area contributed by atoms with Crippen LogP contribution in [-0.4, -0.2) is 40.5 Å². The van der Waals surface area contributed by atoms with E-state index in [0.29, 0.717) is 18.2 Å². The van der Waals surface area contributed by atoms with Crippen LogP contribution in [0.1, 0.15) is 47.3 Å². The second kappa shape index (κ2) is 7.29. The Labute approximate surface area is 169 Å². The summed E-state index contributed by atoms with van der Waals surface area (Å²) < 4.78 is 18.6. The largest absolute Gasteiger partial charge is 0.421 e. The Morgan fingerprint density at radius 1 is 1.31 bits per heavy atom. The Balaban J connectivity index is 1.18. The van der Waals surface area contributed by atoms with Gasteiger partial charge in [-0.3, -0.25) is 0 Å². The van der Waals surface area contributed by atoms with Gasteiger partial charge in [0.25, 0.3) is 0 Å². The van der Waals surface area contributed by atoms with Crippen molar-refractivity contribution in [3.05, 3.63) is 41.2 Å². The van der Waals surface area contributed by atoms with Gasteiger partial charge < -0.3 is 14.2 Å². The monoisotopic (exact) mass is 393 g/mol. The summed E-state index contributed by atoms with van der Waals surface area (Å²) in [6.07, 6.45) is 5.93. The van der Waals surface area contributed by atoms with Gasteiger partial charge in [-0.2, -0.15) is 0 Å². The SMILES string of the molecule is Cc1cc(C#CC2CC2)ccc1OC(=O)c1cn(CC2OCC3(CC3)CO2)nn1. The lowest BCUT2D eigenvalue weighted by atomic mass is 10.1. The molecule has 0 unspecified atom stereocenters. The number of ether oxygens (including phenoxy) is 3. The predicted molar refractivity (Wildman–Crippen MR) is 103 cm³/mol. The van der Waals surface area contributed by atoms with Gasteiger partial charge in [0.15, 0.2) is 12.0 Å². The van der Waals surface area contributed by atoms with Gasteiger partial charge in [0.05, 0.1) is 26.0 Å². The van der Waals surface area contributed by atoms with Gasteiger partial charge in [0, 0.05) is 16.9 Å². The molecule has 1 aromatic heterocycles. The van der Waals surface area contributed by atoms with Crippen LogP contribution in [0.3, 0.4) is 0 Å². The zero-order valence-electron chi connectivity index (χ0n) is 16.4. The van der Waals surface area contributed by atoms with Crippen LogP contribution in [0.2, 0.25) is 0 Å². The van der Waals surface area contributed by atoms with E-state index in [2.05, 4.69) is 22.2 Å². The summed E-state index contributed by atoms with van der Waals surface area (Å²) in [5.74, 6) is 6.90. The minimum absolute atomic E-state index is 0.150. The van der Waals surface area contributed by atoms with Crippen molar-refractivity contribution < 1.29 is 19.0 Å². The maximum absolute atomic E-state index is 12.4. The van der Waals surface area contributed by atoms with Crippen LogP contribution in [-0.2, 0) is 16.0 Å². The summed E-state index contributed by atoms with van der Waals surface area (Å²) in [4.78, 5) is 12.4. The van der Waals surface area contributed by atoms with E-state index in [1.165, 1.54) is 25.7 Å². The van der Waals surface area contributed by atoms with Crippen molar-refractivity contribution in [1.29, 1.82) is 0 Å². The van der Waals surface area contributed by atoms with Crippen molar-refractivity contribution in [2.24, 2.45) is 11.3 Å². The maximum atomic E-state index is 12.4. The van der Waals surface area contributed by atoms with E-state index in [4.69, 9.17) is 14.2 Å². The van der Waals surface area contributed by atoms with E-state index >= 15 is 0 Å². The molecule has 0 atom stereocenters. The van der Waals surface area contributed by atoms with Crippen molar-refractivity contribution in [3.8, 4) is 17.6 Å². The fourth-order valence-corrected chi connectivity index (χ4v) is 3.24. The molecular weight excluding hydrogens is 370 g/mol. The number of hydrogen-bond donors (Lipinski definition) is 0. The molecule has 1 saturated heterocycles. The smallest absolute Gasteiger partial charge is 0.365 e. The lowest BCUT2D eigenvalue weighted by Crippen LogP contribution is -2.36. The molecule has 0 radical (unpaired) electrons. The maximum Gasteiger partial charge on any atom is 0.365 e. The van der Waals surface area contributed by atoms with Gasteiger partial charge >= 0.3 is 5.97 Å². The van der Waals surface area contributed by atoms with Crippen LogP contribution in [0, 0.1) is 30.1 Å². The van der Waals surface area contributed by atoms with Crippen molar-refractivity contribution in [1.82, 2.24) is 15.0 Å². The Bertz CT molecular complexity index is 985. The van der Waals surface area contributed by atoms with Gasteiger partial charge in [-0.25, -0.2) is 9.48 Å². The highest BCUT2D eigenvalue weighted by Gasteiger charge is 2.47. The molecule has 0 amide bonds. The first-order chi connectivity index (χ1) is 14.1. The molecule has 150 valence electrons. The van der Waals surface area contributed by atoms with Crippen LogP contribution in [0.15, 0.2) is 24.4 Å². The first-order valence-electron chi connectivity index (χ1n) is 10.1. The second-order valence-corrected chi connectivity index (χ2v) is 8.29. The van der Waals surface area contributed by atoms with E-state index in [1.807, 2.05) is 19.1 Å². The Hall–Kier alpha value is -2.69. The summed E-state index contributed by atoms with van der Waals surface area (Å²) in [6, 6.07) is 5.57. The summed E-state index contributed by atoms with van der Waals surface area (Å²) in [7, 11) is 0. The van der Waals surface area contributed by atoms with E-state index in [0.717, 1.165) is 24.3 Å². The molecule has 3 fully saturated rings. The van der Waals surface area contributed by atoms with Crippen molar-refractivity contribution in [3.63, 3.8) is 0 Å². The Morgan fingerprint density at radius 3 is 2.79 bits per heavy atom. The van der Waals surface area contributed by atoms with E-state index < -0.39 is 5.97 Å². The minimum Gasteiger partial charge on any atom is -0.421 e. The van der Waals surface area contributed by atoms with Crippen molar-refractivity contribution in [2.45, 2.75) is 45.4 Å². The molecule has 2 aliphatic carbocycles. The number of aryl methyl sites for hydroxylation is 1. The molecule has 0 bridgehead atoms. The number of esters is 1. The molecule has 29 heavy (non-hydrogen) atoms. The van der Waals surface area contributed by atoms with Gasteiger partial charge in [-0.05, 0) is 56.4 Å². The summed E-state index contributed by atoms with van der Waals surface area (Å²) in [6.45, 7) is 3.74. The van der Waals surface area contributed by atoms with Crippen LogP contribution < -0.4 is 4.74 Å². The zero-order chi connectivity index (χ0) is 19.8. The number of nitrogens with zero attached hydrogens (tertiary/aromatic N) is 3. The number of hydrogen-bond acceptors (Lipinski definition) is 6. The predicted octanol–water partition coefficient (Wildman–Crippen LogP) is 2.72. The molecule has 0 N–H and O–H groups in total. The Kier molecular flexibility index (Phi) is 4.61. The topological polar surface area (TPSA) is 75.5 Å². The first kappa shape index (κ1) is 18.3. The molecule has 2 aromatic rings. The van der Waals surface area contributed by atoms with Crippen LogP contribution >= 0.6 is 0 Å². The molecule has 7 nitrogen and oxygen atoms in total. The molecule has 1 spiro atoms. The van der Waals surface area contributed by atoms with E-state index in [1.54, 1.807) is 16.9 Å². The average Bonchev–Trinajstić information content (AvgIpc) is 3.64. The minimum atomic E-state index is -0.543. The third kappa shape index (κ3) is 4.34. The van der Waals surface area contributed by atoms with Crippen molar-refractivity contribution in [2.75, 3.05) is 13.2 Å². The number of carbonyl (C=O) groups is 1. The lowest BCUT2D eigenvalue weighted by Gasteiger charge is -2.29. The Morgan fingerprint density at radius 2 is 2.10 bits per heavy atom. The average molecular weight is 393 g/mol. The fourth-order valence-electron chi connectivity index (χ4n) is 3.24. The van der Waals surface area contributed by atoms with Crippen molar-refractivity contribution >= 4 is 5.97 Å². The highest BCUT2D eigenvalue weighted by atomic mass is 16.7. The first-order valence-corrected chi connectivity index (χ1v) is 10.1. The molecule has 7 heteroatoms. The summed E-state index contributed by atoms with van der Waals surface area (Å²) in [5.41, 5.74) is 2.19. The highest BCUT2D eigenvalue weighted by molar-refractivity contribution is 5.88. The van der Waals surface area contributed by atoms with E-state index in [9.17, 15) is 4.79 Å². The molecule has 1 aliphatic heterocycles. The van der Waals surface area contributed by atoms with Crippen LogP contribution in [0.25, 0.3) is 0 Å². The third-order valence-corrected chi connectivity index (χ3v) is 5.57. The normalized spacial score (nSPS) is 20.2. The molecular formula is C22H23N3O4. The molecule has 2 heterocycles. The summed E-state index contributed by atoms with van der Waals surface area (Å²) >= 11 is 0. The number of rotatable bonds is 4. The number of benzene rings is 1. The van der Waals surface area contributed by atoms with Crippen LogP contribution in [0.5, 0.6) is 5.75 Å². The number of aromatic nitrogens is 3. The third-order valence-electron chi connectivity index (χ3n) is 5.57. The summed E-state index contributed by atoms with van der Waals surface area (Å²) in [5, 5.41) is 7.92. The molecule has 1 aromatic carbocycles. The van der Waals surface area contributed by atoms with Gasteiger partial charge in [-0.15, -0.1) is 5.10 Å². The van der Waals surface area contributed by atoms with Gasteiger partial charge in [0.2, 0.25) is 0 Å². The lowest BCUT2D eigenvalue weighted by molar-refractivity contribution is -0.213. The quantitative estimate of drug-likeness (QED) is 0.452. The highest BCUT2D eigenvalue weighted by Crippen LogP contribution is 2.48. The molecule has 3 aliphatic rings. The van der Waals surface area contributed by atoms with Gasteiger partial charge in [0.1, 0.15) is 5.75 Å². The fraction of sp³-hybridized carbons (Fsp3) is 0.500. The zero-order valence-corrected chi connectivity index (χ0v) is 16.4. The molecule has 5 rings (SSSR count).